The molecule has 0 radical (unpaired) electrons. The number of nitrogens with zero attached hydrogens (tertiary/aromatic N) is 1. The van der Waals surface area contributed by atoms with Crippen LogP contribution in [0.25, 0.3) is 0 Å². The maximum Gasteiger partial charge on any atom is 0.249 e. The molecular formula is C20H24N2O4. The lowest BCUT2D eigenvalue weighted by Gasteiger charge is -2.27. The van der Waals surface area contributed by atoms with Crippen molar-refractivity contribution in [2.45, 2.75) is 32.4 Å². The number of anilines is 1. The van der Waals surface area contributed by atoms with Gasteiger partial charge in [-0.1, -0.05) is 18.2 Å². The Morgan fingerprint density at radius 2 is 1.88 bits per heavy atom. The quantitative estimate of drug-likeness (QED) is 0.864. The Balaban J connectivity index is 1.70. The van der Waals surface area contributed by atoms with Crippen molar-refractivity contribution in [2.75, 3.05) is 18.1 Å². The van der Waals surface area contributed by atoms with Crippen molar-refractivity contribution < 1.29 is 18.7 Å². The summed E-state index contributed by atoms with van der Waals surface area (Å²) in [5, 5.41) is 2.86. The number of nitrogens with one attached hydrogen (secondary N) is 1. The van der Waals surface area contributed by atoms with Gasteiger partial charge in [0, 0.05) is 24.8 Å². The Kier molecular flexibility index (Phi) is 6.07. The van der Waals surface area contributed by atoms with E-state index in [1.54, 1.807) is 24.2 Å². The monoisotopic (exact) mass is 356 g/mol. The van der Waals surface area contributed by atoms with Gasteiger partial charge in [-0.2, -0.15) is 0 Å². The number of amides is 2. The van der Waals surface area contributed by atoms with Gasteiger partial charge >= 0.3 is 0 Å². The SMILES string of the molecule is C[C@H](NC(=O)C1CCOCC1)C(=O)N(Cc1ccco1)c1ccccc1. The van der Waals surface area contributed by atoms with Crippen molar-refractivity contribution in [3.05, 3.63) is 54.5 Å². The van der Waals surface area contributed by atoms with E-state index >= 15 is 0 Å². The molecule has 0 unspecified atom stereocenters. The largest absolute Gasteiger partial charge is 0.467 e. The highest BCUT2D eigenvalue weighted by Crippen LogP contribution is 2.19. The molecule has 2 amide bonds. The fourth-order valence-corrected chi connectivity index (χ4v) is 3.05. The third-order valence-electron chi connectivity index (χ3n) is 4.55. The molecule has 2 aromatic rings. The Morgan fingerprint density at radius 3 is 2.54 bits per heavy atom. The molecular weight excluding hydrogens is 332 g/mol. The number of furan rings is 1. The van der Waals surface area contributed by atoms with Crippen LogP contribution in [0.4, 0.5) is 5.69 Å². The lowest BCUT2D eigenvalue weighted by Crippen LogP contribution is -2.49. The van der Waals surface area contributed by atoms with Crippen LogP contribution in [0.2, 0.25) is 0 Å². The highest BCUT2D eigenvalue weighted by molar-refractivity contribution is 5.99. The zero-order valence-corrected chi connectivity index (χ0v) is 14.9. The Morgan fingerprint density at radius 1 is 1.15 bits per heavy atom. The third kappa shape index (κ3) is 4.52. The van der Waals surface area contributed by atoms with Crippen molar-refractivity contribution in [3.8, 4) is 0 Å². The average Bonchev–Trinajstić information content (AvgIpc) is 3.20. The molecule has 1 atom stereocenters. The van der Waals surface area contributed by atoms with Crippen LogP contribution in [0.3, 0.4) is 0 Å². The van der Waals surface area contributed by atoms with Crippen LogP contribution in [0, 0.1) is 5.92 Å². The van der Waals surface area contributed by atoms with E-state index in [0.717, 1.165) is 5.69 Å². The number of hydrogen-bond acceptors (Lipinski definition) is 4. The van der Waals surface area contributed by atoms with Crippen LogP contribution < -0.4 is 10.2 Å². The summed E-state index contributed by atoms with van der Waals surface area (Å²) in [4.78, 5) is 27.1. The summed E-state index contributed by atoms with van der Waals surface area (Å²) >= 11 is 0. The Labute approximate surface area is 153 Å². The second-order valence-electron chi connectivity index (χ2n) is 6.46. The van der Waals surface area contributed by atoms with Crippen LogP contribution in [-0.4, -0.2) is 31.1 Å². The summed E-state index contributed by atoms with van der Waals surface area (Å²) in [6.45, 7) is 3.22. The first-order chi connectivity index (χ1) is 12.6. The minimum Gasteiger partial charge on any atom is -0.467 e. The van der Waals surface area contributed by atoms with E-state index in [1.807, 2.05) is 36.4 Å². The van der Waals surface area contributed by atoms with Gasteiger partial charge in [-0.05, 0) is 44.0 Å². The summed E-state index contributed by atoms with van der Waals surface area (Å²) < 4.78 is 10.7. The molecule has 0 saturated carbocycles. The summed E-state index contributed by atoms with van der Waals surface area (Å²) in [5.74, 6) is 0.340. The van der Waals surface area contributed by atoms with E-state index in [9.17, 15) is 9.59 Å². The maximum atomic E-state index is 13.0. The average molecular weight is 356 g/mol. The lowest BCUT2D eigenvalue weighted by atomic mass is 9.99. The molecule has 2 heterocycles. The van der Waals surface area contributed by atoms with Gasteiger partial charge in [-0.15, -0.1) is 0 Å². The third-order valence-corrected chi connectivity index (χ3v) is 4.55. The van der Waals surface area contributed by atoms with Crippen molar-refractivity contribution in [3.63, 3.8) is 0 Å². The van der Waals surface area contributed by atoms with E-state index in [0.29, 0.717) is 38.4 Å². The Hall–Kier alpha value is -2.60. The van der Waals surface area contributed by atoms with Gasteiger partial charge in [0.15, 0.2) is 0 Å². The van der Waals surface area contributed by atoms with E-state index in [2.05, 4.69) is 5.32 Å². The number of rotatable bonds is 6. The van der Waals surface area contributed by atoms with E-state index in [-0.39, 0.29) is 17.7 Å². The normalized spacial score (nSPS) is 16.0. The number of carbonyl (C=O) groups excluding carboxylic acids is 2. The first-order valence-corrected chi connectivity index (χ1v) is 8.92. The molecule has 138 valence electrons. The zero-order chi connectivity index (χ0) is 18.4. The maximum absolute atomic E-state index is 13.0. The van der Waals surface area contributed by atoms with Gasteiger partial charge in [0.1, 0.15) is 11.8 Å². The fraction of sp³-hybridized carbons (Fsp3) is 0.400. The van der Waals surface area contributed by atoms with Gasteiger partial charge in [0.2, 0.25) is 11.8 Å². The van der Waals surface area contributed by atoms with Crippen molar-refractivity contribution in [2.24, 2.45) is 5.92 Å². The van der Waals surface area contributed by atoms with Crippen LogP contribution in [0.15, 0.2) is 53.1 Å². The number of para-hydroxylation sites is 1. The summed E-state index contributed by atoms with van der Waals surface area (Å²) in [5.41, 5.74) is 0.765. The molecule has 1 aromatic heterocycles. The predicted molar refractivity (Wildman–Crippen MR) is 97.5 cm³/mol. The highest BCUT2D eigenvalue weighted by atomic mass is 16.5. The Bertz CT molecular complexity index is 709. The molecule has 1 aliphatic rings. The molecule has 0 bridgehead atoms. The van der Waals surface area contributed by atoms with Crippen LogP contribution >= 0.6 is 0 Å². The molecule has 1 aliphatic heterocycles. The first kappa shape index (κ1) is 18.2. The van der Waals surface area contributed by atoms with Gasteiger partial charge < -0.3 is 19.4 Å². The van der Waals surface area contributed by atoms with Gasteiger partial charge in [0.05, 0.1) is 12.8 Å². The molecule has 1 fully saturated rings. The first-order valence-electron chi connectivity index (χ1n) is 8.92. The minimum atomic E-state index is -0.625. The van der Waals surface area contributed by atoms with Crippen molar-refractivity contribution in [1.82, 2.24) is 5.32 Å². The summed E-state index contributed by atoms with van der Waals surface area (Å²) in [6, 6.07) is 12.4. The smallest absolute Gasteiger partial charge is 0.249 e. The second-order valence-corrected chi connectivity index (χ2v) is 6.46. The zero-order valence-electron chi connectivity index (χ0n) is 14.9. The van der Waals surface area contributed by atoms with E-state index in [1.165, 1.54) is 0 Å². The molecule has 6 nitrogen and oxygen atoms in total. The molecule has 0 aliphatic carbocycles. The molecule has 1 aromatic carbocycles. The predicted octanol–water partition coefficient (Wildman–Crippen LogP) is 2.74. The number of hydrogen-bond donors (Lipinski definition) is 1. The van der Waals surface area contributed by atoms with Gasteiger partial charge in [-0.25, -0.2) is 0 Å². The van der Waals surface area contributed by atoms with Gasteiger partial charge in [-0.3, -0.25) is 9.59 Å². The number of carbonyl (C=O) groups is 2. The second kappa shape index (κ2) is 8.67. The lowest BCUT2D eigenvalue weighted by molar-refractivity contribution is -0.131. The highest BCUT2D eigenvalue weighted by Gasteiger charge is 2.28. The number of ether oxygens (including phenoxy) is 1. The molecule has 3 rings (SSSR count). The molecule has 26 heavy (non-hydrogen) atoms. The molecule has 1 saturated heterocycles. The minimum absolute atomic E-state index is 0.0832. The molecule has 6 heteroatoms. The van der Waals surface area contributed by atoms with Crippen molar-refractivity contribution >= 4 is 17.5 Å². The fourth-order valence-electron chi connectivity index (χ4n) is 3.05. The van der Waals surface area contributed by atoms with Crippen molar-refractivity contribution in [1.29, 1.82) is 0 Å². The summed E-state index contributed by atoms with van der Waals surface area (Å²) in [7, 11) is 0. The number of benzene rings is 1. The van der Waals surface area contributed by atoms with E-state index < -0.39 is 6.04 Å². The van der Waals surface area contributed by atoms with Crippen LogP contribution in [0.1, 0.15) is 25.5 Å². The topological polar surface area (TPSA) is 71.8 Å². The van der Waals surface area contributed by atoms with Crippen LogP contribution in [-0.2, 0) is 20.9 Å². The van der Waals surface area contributed by atoms with Crippen LogP contribution in [0.5, 0.6) is 0 Å². The molecule has 0 spiro atoms. The standard InChI is InChI=1S/C20H24N2O4/c1-15(21-19(23)16-9-12-25-13-10-16)20(24)22(14-18-8-5-11-26-18)17-6-3-2-4-7-17/h2-8,11,15-16H,9-10,12-14H2,1H3,(H,21,23)/t15-/m0/s1. The van der Waals surface area contributed by atoms with E-state index in [4.69, 9.17) is 9.15 Å². The summed E-state index contributed by atoms with van der Waals surface area (Å²) in [6.07, 6.45) is 2.97. The molecule has 1 N–H and O–H groups in total. The van der Waals surface area contributed by atoms with Gasteiger partial charge in [0.25, 0.3) is 0 Å².